The zero-order valence-electron chi connectivity index (χ0n) is 10.3. The number of nitrogens with zero attached hydrogens (tertiary/aromatic N) is 4. The molecule has 0 unspecified atom stereocenters. The topological polar surface area (TPSA) is 26.1 Å². The first kappa shape index (κ1) is 10.1. The molecule has 0 amide bonds. The van der Waals surface area contributed by atoms with Crippen molar-refractivity contribution < 1.29 is 4.57 Å². The second-order valence-electron chi connectivity index (χ2n) is 4.32. The van der Waals surface area contributed by atoms with Crippen LogP contribution in [-0.2, 0) is 14.1 Å². The van der Waals surface area contributed by atoms with Gasteiger partial charge in [-0.1, -0.05) is 0 Å². The zero-order valence-corrected chi connectivity index (χ0v) is 10.3. The maximum absolute atomic E-state index is 4.33. The Labute approximate surface area is 99.8 Å². The number of aromatic nitrogens is 4. The third-order valence-corrected chi connectivity index (χ3v) is 3.32. The largest absolute Gasteiger partial charge is 0.308 e. The van der Waals surface area contributed by atoms with Crippen LogP contribution in [0.5, 0.6) is 0 Å². The van der Waals surface area contributed by atoms with E-state index in [2.05, 4.69) is 52.5 Å². The van der Waals surface area contributed by atoms with Gasteiger partial charge in [0.2, 0.25) is 11.5 Å². The molecule has 17 heavy (non-hydrogen) atoms. The molecule has 4 heteroatoms. The van der Waals surface area contributed by atoms with E-state index in [0.29, 0.717) is 0 Å². The van der Waals surface area contributed by atoms with E-state index in [0.717, 1.165) is 5.78 Å². The third-order valence-electron chi connectivity index (χ3n) is 3.32. The molecule has 0 atom stereocenters. The molecule has 0 aliphatic heterocycles. The Kier molecular flexibility index (Phi) is 2.04. The first-order chi connectivity index (χ1) is 8.18. The van der Waals surface area contributed by atoms with Crippen LogP contribution < -0.4 is 4.57 Å². The molecule has 3 rings (SSSR count). The van der Waals surface area contributed by atoms with Crippen molar-refractivity contribution in [2.45, 2.75) is 6.92 Å². The van der Waals surface area contributed by atoms with Crippen LogP contribution in [0.4, 0.5) is 0 Å². The molecule has 3 aromatic heterocycles. The van der Waals surface area contributed by atoms with Crippen LogP contribution in [0.3, 0.4) is 0 Å². The Morgan fingerprint density at radius 1 is 1.29 bits per heavy atom. The summed E-state index contributed by atoms with van der Waals surface area (Å²) in [4.78, 5) is 4.33. The minimum Gasteiger partial charge on any atom is -0.308 e. The Balaban J connectivity index is 2.30. The van der Waals surface area contributed by atoms with Crippen LogP contribution in [0.2, 0.25) is 0 Å². The summed E-state index contributed by atoms with van der Waals surface area (Å²) in [6.07, 6.45) is 5.89. The molecular formula is C13H15N4+. The molecule has 86 valence electrons. The van der Waals surface area contributed by atoms with Gasteiger partial charge in [-0.2, -0.15) is 4.57 Å². The fourth-order valence-corrected chi connectivity index (χ4v) is 2.18. The van der Waals surface area contributed by atoms with E-state index in [4.69, 9.17) is 0 Å². The maximum Gasteiger partial charge on any atom is 0.230 e. The molecule has 0 spiro atoms. The van der Waals surface area contributed by atoms with Gasteiger partial charge in [-0.25, -0.2) is 4.98 Å². The number of pyridine rings is 1. The number of aryl methyl sites for hydroxylation is 2. The van der Waals surface area contributed by atoms with Gasteiger partial charge in [-0.05, 0) is 6.07 Å². The van der Waals surface area contributed by atoms with E-state index < -0.39 is 0 Å². The maximum atomic E-state index is 4.33. The molecule has 4 nitrogen and oxygen atoms in total. The van der Waals surface area contributed by atoms with Crippen molar-refractivity contribution in [3.05, 3.63) is 42.5 Å². The summed E-state index contributed by atoms with van der Waals surface area (Å²) in [5.74, 6) is 0.960. The summed E-state index contributed by atoms with van der Waals surface area (Å²) < 4.78 is 6.33. The monoisotopic (exact) mass is 227 g/mol. The van der Waals surface area contributed by atoms with Gasteiger partial charge in [-0.15, -0.1) is 0 Å². The summed E-state index contributed by atoms with van der Waals surface area (Å²) in [5.41, 5.74) is 3.60. The average Bonchev–Trinajstić information content (AvgIpc) is 2.87. The van der Waals surface area contributed by atoms with Gasteiger partial charge in [0.05, 0.1) is 0 Å². The van der Waals surface area contributed by atoms with Crippen molar-refractivity contribution in [2.75, 3.05) is 0 Å². The van der Waals surface area contributed by atoms with E-state index in [-0.39, 0.29) is 0 Å². The van der Waals surface area contributed by atoms with E-state index in [9.17, 15) is 0 Å². The van der Waals surface area contributed by atoms with E-state index in [1.807, 2.05) is 23.8 Å². The molecule has 0 radical (unpaired) electrons. The first-order valence-corrected chi connectivity index (χ1v) is 5.63. The molecule has 0 aliphatic carbocycles. The molecule has 0 N–H and O–H groups in total. The van der Waals surface area contributed by atoms with Crippen LogP contribution >= 0.6 is 0 Å². The van der Waals surface area contributed by atoms with Crippen LogP contribution in [-0.4, -0.2) is 14.0 Å². The van der Waals surface area contributed by atoms with Crippen LogP contribution in [0.1, 0.15) is 5.69 Å². The highest BCUT2D eigenvalue weighted by Gasteiger charge is 2.17. The fraction of sp³-hybridized carbons (Fsp3) is 0.231. The van der Waals surface area contributed by atoms with E-state index in [1.165, 1.54) is 17.1 Å². The number of imidazole rings is 2. The summed E-state index contributed by atoms with van der Waals surface area (Å²) in [5, 5.41) is 0. The summed E-state index contributed by atoms with van der Waals surface area (Å²) in [6.45, 7) is 2.11. The van der Waals surface area contributed by atoms with E-state index in [1.54, 1.807) is 0 Å². The van der Waals surface area contributed by atoms with Crippen molar-refractivity contribution in [1.29, 1.82) is 0 Å². The summed E-state index contributed by atoms with van der Waals surface area (Å²) in [7, 11) is 4.13. The first-order valence-electron chi connectivity index (χ1n) is 5.63. The van der Waals surface area contributed by atoms with Crippen LogP contribution in [0, 0.1) is 6.92 Å². The van der Waals surface area contributed by atoms with Gasteiger partial charge >= 0.3 is 0 Å². The molecule has 0 saturated carbocycles. The fourth-order valence-electron chi connectivity index (χ4n) is 2.18. The molecule has 0 aliphatic rings. The van der Waals surface area contributed by atoms with Gasteiger partial charge in [0, 0.05) is 44.7 Å². The number of hydrogen-bond acceptors (Lipinski definition) is 1. The zero-order chi connectivity index (χ0) is 12.0. The molecular weight excluding hydrogens is 212 g/mol. The Hall–Kier alpha value is -2.10. The Morgan fingerprint density at radius 3 is 2.88 bits per heavy atom. The third kappa shape index (κ3) is 1.37. The van der Waals surface area contributed by atoms with Crippen molar-refractivity contribution in [3.63, 3.8) is 0 Å². The minimum absolute atomic E-state index is 0.960. The molecule has 3 aromatic rings. The smallest absolute Gasteiger partial charge is 0.230 e. The highest BCUT2D eigenvalue weighted by Crippen LogP contribution is 2.18. The molecule has 0 fully saturated rings. The van der Waals surface area contributed by atoms with Gasteiger partial charge in [-0.3, -0.25) is 4.40 Å². The lowest BCUT2D eigenvalue weighted by molar-refractivity contribution is -0.666. The summed E-state index contributed by atoms with van der Waals surface area (Å²) in [6, 6.07) is 6.32. The van der Waals surface area contributed by atoms with Crippen molar-refractivity contribution >= 4 is 5.78 Å². The Bertz CT molecular complexity index is 691. The van der Waals surface area contributed by atoms with Gasteiger partial charge in [0.15, 0.2) is 5.69 Å². The second-order valence-corrected chi connectivity index (χ2v) is 4.32. The predicted molar refractivity (Wildman–Crippen MR) is 65.5 cm³/mol. The lowest BCUT2D eigenvalue weighted by Crippen LogP contribution is -2.34. The Morgan fingerprint density at radius 2 is 2.12 bits per heavy atom. The lowest BCUT2D eigenvalue weighted by atomic mass is 10.2. The van der Waals surface area contributed by atoms with Crippen molar-refractivity contribution in [2.24, 2.45) is 14.1 Å². The van der Waals surface area contributed by atoms with Crippen molar-refractivity contribution in [1.82, 2.24) is 14.0 Å². The molecule has 0 aromatic carbocycles. The molecule has 3 heterocycles. The molecule has 0 bridgehead atoms. The quantitative estimate of drug-likeness (QED) is 0.578. The summed E-state index contributed by atoms with van der Waals surface area (Å²) >= 11 is 0. The van der Waals surface area contributed by atoms with Gasteiger partial charge in [0.25, 0.3) is 0 Å². The van der Waals surface area contributed by atoms with Gasteiger partial charge in [0.1, 0.15) is 12.7 Å². The highest BCUT2D eigenvalue weighted by atomic mass is 15.2. The standard InChI is InChI=1S/C13H15N4/c1-10-5-4-6-11(15(10)2)12-9-17-8-7-14-13(17)16(12)3/h4-9H,1-3H3/q+1. The highest BCUT2D eigenvalue weighted by molar-refractivity contribution is 5.56. The minimum atomic E-state index is 0.960. The van der Waals surface area contributed by atoms with Gasteiger partial charge < -0.3 is 4.57 Å². The second kappa shape index (κ2) is 3.45. The van der Waals surface area contributed by atoms with Crippen LogP contribution in [0.15, 0.2) is 36.8 Å². The number of rotatable bonds is 1. The van der Waals surface area contributed by atoms with Crippen LogP contribution in [0.25, 0.3) is 17.2 Å². The van der Waals surface area contributed by atoms with Crippen molar-refractivity contribution in [3.8, 4) is 11.4 Å². The number of hydrogen-bond donors (Lipinski definition) is 0. The van der Waals surface area contributed by atoms with E-state index >= 15 is 0 Å². The lowest BCUT2D eigenvalue weighted by Gasteiger charge is -2.02. The number of fused-ring (bicyclic) bond motifs is 1. The SMILES string of the molecule is Cc1cccc(-c2cn3ccnc3n2C)[n+]1C. The predicted octanol–water partition coefficient (Wildman–Crippen LogP) is 1.47. The average molecular weight is 227 g/mol. The normalized spacial score (nSPS) is 11.2. The molecule has 0 saturated heterocycles.